The summed E-state index contributed by atoms with van der Waals surface area (Å²) in [6.45, 7) is 3.40. The number of rotatable bonds is 4. The van der Waals surface area contributed by atoms with Crippen molar-refractivity contribution >= 4 is 0 Å². The van der Waals surface area contributed by atoms with Gasteiger partial charge in [-0.3, -0.25) is 0 Å². The SMILES string of the molecule is CCOC1CC(CN)(OC)C1. The van der Waals surface area contributed by atoms with Crippen LogP contribution in [0.1, 0.15) is 19.8 Å². The van der Waals surface area contributed by atoms with Crippen molar-refractivity contribution in [1.29, 1.82) is 0 Å². The van der Waals surface area contributed by atoms with Gasteiger partial charge in [0, 0.05) is 33.1 Å². The Morgan fingerprint density at radius 2 is 2.18 bits per heavy atom. The van der Waals surface area contributed by atoms with Crippen LogP contribution in [-0.4, -0.2) is 32.0 Å². The molecular weight excluding hydrogens is 142 g/mol. The molecule has 0 radical (unpaired) electrons. The smallest absolute Gasteiger partial charge is 0.0849 e. The topological polar surface area (TPSA) is 44.5 Å². The van der Waals surface area contributed by atoms with Gasteiger partial charge in [0.15, 0.2) is 0 Å². The molecule has 11 heavy (non-hydrogen) atoms. The van der Waals surface area contributed by atoms with E-state index in [9.17, 15) is 0 Å². The van der Waals surface area contributed by atoms with Crippen LogP contribution < -0.4 is 5.73 Å². The molecular formula is C8H17NO2. The summed E-state index contributed by atoms with van der Waals surface area (Å²) in [5, 5.41) is 0. The minimum Gasteiger partial charge on any atom is -0.378 e. The summed E-state index contributed by atoms with van der Waals surface area (Å²) in [6, 6.07) is 0. The lowest BCUT2D eigenvalue weighted by Gasteiger charge is -2.45. The summed E-state index contributed by atoms with van der Waals surface area (Å²) in [6.07, 6.45) is 2.28. The molecule has 1 saturated carbocycles. The monoisotopic (exact) mass is 159 g/mol. The lowest BCUT2D eigenvalue weighted by Crippen LogP contribution is -2.54. The molecule has 0 spiro atoms. The van der Waals surface area contributed by atoms with Gasteiger partial charge in [0.1, 0.15) is 0 Å². The van der Waals surface area contributed by atoms with Crippen LogP contribution in [0.25, 0.3) is 0 Å². The Bertz CT molecular complexity index is 115. The summed E-state index contributed by atoms with van der Waals surface area (Å²) >= 11 is 0. The Kier molecular flexibility index (Phi) is 2.87. The largest absolute Gasteiger partial charge is 0.378 e. The van der Waals surface area contributed by atoms with E-state index in [-0.39, 0.29) is 5.60 Å². The van der Waals surface area contributed by atoms with Gasteiger partial charge in [0.05, 0.1) is 11.7 Å². The Morgan fingerprint density at radius 1 is 1.55 bits per heavy atom. The summed E-state index contributed by atoms with van der Waals surface area (Å²) in [5.74, 6) is 0. The van der Waals surface area contributed by atoms with E-state index in [2.05, 4.69) is 0 Å². The quantitative estimate of drug-likeness (QED) is 0.650. The van der Waals surface area contributed by atoms with Crippen LogP contribution in [0.2, 0.25) is 0 Å². The molecule has 0 atom stereocenters. The highest BCUT2D eigenvalue weighted by atomic mass is 16.5. The Labute approximate surface area is 67.9 Å². The first-order valence-corrected chi connectivity index (χ1v) is 4.13. The predicted octanol–water partition coefficient (Wildman–Crippen LogP) is 0.529. The molecule has 0 amide bonds. The van der Waals surface area contributed by atoms with Crippen molar-refractivity contribution in [1.82, 2.24) is 0 Å². The zero-order valence-electron chi connectivity index (χ0n) is 7.30. The lowest BCUT2D eigenvalue weighted by atomic mass is 9.77. The maximum Gasteiger partial charge on any atom is 0.0849 e. The zero-order valence-corrected chi connectivity index (χ0v) is 7.30. The van der Waals surface area contributed by atoms with E-state index in [1.54, 1.807) is 7.11 Å². The highest BCUT2D eigenvalue weighted by Gasteiger charge is 2.43. The molecule has 0 aliphatic heterocycles. The molecule has 0 aromatic carbocycles. The van der Waals surface area contributed by atoms with E-state index in [0.717, 1.165) is 19.4 Å². The van der Waals surface area contributed by atoms with E-state index in [0.29, 0.717) is 12.6 Å². The van der Waals surface area contributed by atoms with Gasteiger partial charge in [-0.05, 0) is 6.92 Å². The van der Waals surface area contributed by atoms with E-state index in [4.69, 9.17) is 15.2 Å². The summed E-state index contributed by atoms with van der Waals surface area (Å²) < 4.78 is 10.7. The fourth-order valence-electron chi connectivity index (χ4n) is 1.54. The Morgan fingerprint density at radius 3 is 2.55 bits per heavy atom. The van der Waals surface area contributed by atoms with E-state index in [1.807, 2.05) is 6.92 Å². The maximum atomic E-state index is 5.56. The first kappa shape index (κ1) is 8.97. The highest BCUT2D eigenvalue weighted by molar-refractivity contribution is 4.97. The summed E-state index contributed by atoms with van der Waals surface area (Å²) in [7, 11) is 1.72. The van der Waals surface area contributed by atoms with Crippen molar-refractivity contribution in [3.8, 4) is 0 Å². The zero-order chi connectivity index (χ0) is 8.32. The Balaban J connectivity index is 2.24. The molecule has 0 saturated heterocycles. The molecule has 0 aromatic rings. The van der Waals surface area contributed by atoms with Crippen molar-refractivity contribution in [2.45, 2.75) is 31.5 Å². The van der Waals surface area contributed by atoms with E-state index in [1.165, 1.54) is 0 Å². The molecule has 2 N–H and O–H groups in total. The second-order valence-corrected chi connectivity index (χ2v) is 3.08. The summed E-state index contributed by atoms with van der Waals surface area (Å²) in [4.78, 5) is 0. The fraction of sp³-hybridized carbons (Fsp3) is 1.00. The number of ether oxygens (including phenoxy) is 2. The highest BCUT2D eigenvalue weighted by Crippen LogP contribution is 2.36. The third-order valence-corrected chi connectivity index (χ3v) is 2.41. The molecule has 0 bridgehead atoms. The van der Waals surface area contributed by atoms with E-state index >= 15 is 0 Å². The second-order valence-electron chi connectivity index (χ2n) is 3.08. The molecule has 0 heterocycles. The number of methoxy groups -OCH3 is 1. The van der Waals surface area contributed by atoms with Gasteiger partial charge in [-0.1, -0.05) is 0 Å². The lowest BCUT2D eigenvalue weighted by molar-refractivity contribution is -0.150. The molecule has 1 aliphatic carbocycles. The van der Waals surface area contributed by atoms with Crippen molar-refractivity contribution in [3.05, 3.63) is 0 Å². The number of hydrogen-bond acceptors (Lipinski definition) is 3. The average molecular weight is 159 g/mol. The van der Waals surface area contributed by atoms with Crippen molar-refractivity contribution < 1.29 is 9.47 Å². The minimum atomic E-state index is -0.0696. The molecule has 0 unspecified atom stereocenters. The van der Waals surface area contributed by atoms with Gasteiger partial charge in [0.25, 0.3) is 0 Å². The predicted molar refractivity (Wildman–Crippen MR) is 43.4 cm³/mol. The van der Waals surface area contributed by atoms with Crippen LogP contribution in [0, 0.1) is 0 Å². The van der Waals surface area contributed by atoms with Crippen LogP contribution in [0.4, 0.5) is 0 Å². The third kappa shape index (κ3) is 1.72. The van der Waals surface area contributed by atoms with Gasteiger partial charge < -0.3 is 15.2 Å². The Hall–Kier alpha value is -0.120. The van der Waals surface area contributed by atoms with E-state index < -0.39 is 0 Å². The molecule has 3 heteroatoms. The van der Waals surface area contributed by atoms with Crippen molar-refractivity contribution in [3.63, 3.8) is 0 Å². The van der Waals surface area contributed by atoms with Crippen LogP contribution >= 0.6 is 0 Å². The fourth-order valence-corrected chi connectivity index (χ4v) is 1.54. The first-order chi connectivity index (χ1) is 5.26. The second kappa shape index (κ2) is 3.52. The van der Waals surface area contributed by atoms with Crippen LogP contribution in [0.15, 0.2) is 0 Å². The van der Waals surface area contributed by atoms with Crippen molar-refractivity contribution in [2.24, 2.45) is 5.73 Å². The molecule has 1 fully saturated rings. The van der Waals surface area contributed by atoms with Crippen LogP contribution in [0.3, 0.4) is 0 Å². The van der Waals surface area contributed by atoms with Crippen molar-refractivity contribution in [2.75, 3.05) is 20.3 Å². The standard InChI is InChI=1S/C8H17NO2/c1-3-11-7-4-8(5-7,6-9)10-2/h7H,3-6,9H2,1-2H3. The van der Waals surface area contributed by atoms with Crippen LogP contribution in [0.5, 0.6) is 0 Å². The molecule has 1 aliphatic rings. The molecule has 66 valence electrons. The summed E-state index contributed by atoms with van der Waals surface area (Å²) in [5.41, 5.74) is 5.49. The number of nitrogens with two attached hydrogens (primary N) is 1. The van der Waals surface area contributed by atoms with Gasteiger partial charge in [-0.2, -0.15) is 0 Å². The van der Waals surface area contributed by atoms with Gasteiger partial charge in [0.2, 0.25) is 0 Å². The third-order valence-electron chi connectivity index (χ3n) is 2.41. The first-order valence-electron chi connectivity index (χ1n) is 4.13. The minimum absolute atomic E-state index is 0.0696. The molecule has 0 aromatic heterocycles. The average Bonchev–Trinajstić information content (AvgIpc) is 1.96. The van der Waals surface area contributed by atoms with Gasteiger partial charge in [-0.25, -0.2) is 0 Å². The molecule has 1 rings (SSSR count). The van der Waals surface area contributed by atoms with Gasteiger partial charge in [-0.15, -0.1) is 0 Å². The normalized spacial score (nSPS) is 36.8. The number of hydrogen-bond donors (Lipinski definition) is 1. The van der Waals surface area contributed by atoms with Gasteiger partial charge >= 0.3 is 0 Å². The maximum absolute atomic E-state index is 5.56. The molecule has 3 nitrogen and oxygen atoms in total. The van der Waals surface area contributed by atoms with Crippen LogP contribution in [-0.2, 0) is 9.47 Å².